The highest BCUT2D eigenvalue weighted by molar-refractivity contribution is 5.92. The minimum Gasteiger partial charge on any atom is -0.494 e. The van der Waals surface area contributed by atoms with Gasteiger partial charge in [-0.25, -0.2) is 9.18 Å². The minimum absolute atomic E-state index is 0.0454. The molecule has 3 rings (SSSR count). The van der Waals surface area contributed by atoms with Crippen LogP contribution in [0.5, 0.6) is 5.75 Å². The summed E-state index contributed by atoms with van der Waals surface area (Å²) in [5.74, 6) is -1.01. The molecule has 29 heavy (non-hydrogen) atoms. The third-order valence-electron chi connectivity index (χ3n) is 5.31. The Balaban J connectivity index is 1.50. The topological polar surface area (TPSA) is 55.8 Å². The molecule has 1 fully saturated rings. The van der Waals surface area contributed by atoms with E-state index in [1.54, 1.807) is 11.8 Å². The van der Waals surface area contributed by atoms with Crippen molar-refractivity contribution in [1.82, 2.24) is 4.90 Å². The molecule has 0 saturated carbocycles. The first-order valence-corrected chi connectivity index (χ1v) is 9.85. The number of carbonyl (C=O) groups is 2. The molecule has 1 amide bonds. The number of ether oxygens (including phenoxy) is 2. The molecule has 2 aromatic rings. The molecule has 0 spiro atoms. The summed E-state index contributed by atoms with van der Waals surface area (Å²) in [5, 5.41) is 0. The van der Waals surface area contributed by atoms with Gasteiger partial charge in [0.05, 0.1) is 12.7 Å². The second kappa shape index (κ2) is 9.54. The van der Waals surface area contributed by atoms with E-state index in [-0.39, 0.29) is 17.2 Å². The van der Waals surface area contributed by atoms with Crippen molar-refractivity contribution in [1.29, 1.82) is 0 Å². The molecular weight excluding hydrogens is 373 g/mol. The Kier molecular flexibility index (Phi) is 6.86. The highest BCUT2D eigenvalue weighted by Crippen LogP contribution is 2.23. The van der Waals surface area contributed by atoms with Crippen LogP contribution in [0, 0.1) is 11.7 Å². The van der Waals surface area contributed by atoms with Gasteiger partial charge in [-0.3, -0.25) is 4.79 Å². The van der Waals surface area contributed by atoms with Gasteiger partial charge in [0.2, 0.25) is 0 Å². The summed E-state index contributed by atoms with van der Waals surface area (Å²) in [5.41, 5.74) is 1.36. The lowest BCUT2D eigenvalue weighted by Crippen LogP contribution is -2.44. The van der Waals surface area contributed by atoms with Gasteiger partial charge in [0.1, 0.15) is 0 Å². The molecule has 1 aliphatic rings. The Hall–Kier alpha value is -2.89. The molecule has 0 aliphatic carbocycles. The molecule has 1 heterocycles. The van der Waals surface area contributed by atoms with Crippen LogP contribution in [0.25, 0.3) is 0 Å². The SMILES string of the molecule is COc1ccc(C(=O)O[C@@H](C)C(=O)N2CCC(Cc3ccccc3)CC2)cc1F. The van der Waals surface area contributed by atoms with E-state index >= 15 is 0 Å². The number of hydrogen-bond acceptors (Lipinski definition) is 4. The van der Waals surface area contributed by atoms with Gasteiger partial charge in [-0.2, -0.15) is 0 Å². The number of nitrogens with zero attached hydrogens (tertiary/aromatic N) is 1. The third-order valence-corrected chi connectivity index (χ3v) is 5.31. The van der Waals surface area contributed by atoms with Crippen LogP contribution in [0.1, 0.15) is 35.7 Å². The summed E-state index contributed by atoms with van der Waals surface area (Å²) in [6, 6.07) is 14.2. The van der Waals surface area contributed by atoms with Crippen molar-refractivity contribution < 1.29 is 23.5 Å². The molecule has 0 unspecified atom stereocenters. The van der Waals surface area contributed by atoms with Gasteiger partial charge in [-0.15, -0.1) is 0 Å². The summed E-state index contributed by atoms with van der Waals surface area (Å²) < 4.78 is 23.9. The van der Waals surface area contributed by atoms with Gasteiger partial charge in [0.25, 0.3) is 5.91 Å². The van der Waals surface area contributed by atoms with E-state index in [2.05, 4.69) is 12.1 Å². The molecule has 0 radical (unpaired) electrons. The summed E-state index contributed by atoms with van der Waals surface area (Å²) in [6.07, 6.45) is 1.94. The predicted molar refractivity (Wildman–Crippen MR) is 107 cm³/mol. The standard InChI is InChI=1S/C23H26FNO4/c1-16(29-23(27)19-8-9-21(28-2)20(24)15-19)22(26)25-12-10-18(11-13-25)14-17-6-4-3-5-7-17/h3-9,15-16,18H,10-14H2,1-2H3/t16-/m0/s1. The van der Waals surface area contributed by atoms with Crippen LogP contribution in [0.4, 0.5) is 4.39 Å². The minimum atomic E-state index is -0.918. The average Bonchev–Trinajstić information content (AvgIpc) is 2.74. The molecular formula is C23H26FNO4. The summed E-state index contributed by atoms with van der Waals surface area (Å²) >= 11 is 0. The van der Waals surface area contributed by atoms with E-state index in [4.69, 9.17) is 9.47 Å². The van der Waals surface area contributed by atoms with Crippen LogP contribution < -0.4 is 4.74 Å². The largest absolute Gasteiger partial charge is 0.494 e. The maximum Gasteiger partial charge on any atom is 0.339 e. The number of benzene rings is 2. The predicted octanol–water partition coefficient (Wildman–Crippen LogP) is 3.86. The number of carbonyl (C=O) groups excluding carboxylic acids is 2. The van der Waals surface area contributed by atoms with E-state index in [0.29, 0.717) is 19.0 Å². The molecule has 154 valence electrons. The van der Waals surface area contributed by atoms with Crippen LogP contribution in [-0.4, -0.2) is 43.1 Å². The lowest BCUT2D eigenvalue weighted by Gasteiger charge is -2.33. The number of hydrogen-bond donors (Lipinski definition) is 0. The van der Waals surface area contributed by atoms with Crippen LogP contribution >= 0.6 is 0 Å². The Labute approximate surface area is 170 Å². The Morgan fingerprint density at radius 1 is 1.14 bits per heavy atom. The van der Waals surface area contributed by atoms with Crippen LogP contribution in [0.3, 0.4) is 0 Å². The van der Waals surface area contributed by atoms with E-state index in [0.717, 1.165) is 25.3 Å². The van der Waals surface area contributed by atoms with Crippen molar-refractivity contribution in [2.24, 2.45) is 5.92 Å². The van der Waals surface area contributed by atoms with Crippen LogP contribution in [0.2, 0.25) is 0 Å². The van der Waals surface area contributed by atoms with Gasteiger partial charge in [-0.1, -0.05) is 30.3 Å². The number of esters is 1. The zero-order valence-electron chi connectivity index (χ0n) is 16.8. The van der Waals surface area contributed by atoms with E-state index in [1.165, 1.54) is 24.8 Å². The number of amides is 1. The van der Waals surface area contributed by atoms with E-state index in [1.807, 2.05) is 18.2 Å². The highest BCUT2D eigenvalue weighted by atomic mass is 19.1. The van der Waals surface area contributed by atoms with Crippen LogP contribution in [0.15, 0.2) is 48.5 Å². The number of methoxy groups -OCH3 is 1. The van der Waals surface area contributed by atoms with Crippen molar-refractivity contribution in [3.8, 4) is 5.75 Å². The zero-order valence-corrected chi connectivity index (χ0v) is 16.8. The number of halogens is 1. The summed E-state index contributed by atoms with van der Waals surface area (Å²) in [6.45, 7) is 2.85. The molecule has 5 nitrogen and oxygen atoms in total. The molecule has 6 heteroatoms. The monoisotopic (exact) mass is 399 g/mol. The number of piperidine rings is 1. The summed E-state index contributed by atoms with van der Waals surface area (Å²) in [4.78, 5) is 26.6. The van der Waals surface area contributed by atoms with Gasteiger partial charge < -0.3 is 14.4 Å². The molecule has 0 N–H and O–H groups in total. The fourth-order valence-electron chi connectivity index (χ4n) is 3.63. The van der Waals surface area contributed by atoms with Crippen molar-refractivity contribution >= 4 is 11.9 Å². The van der Waals surface area contributed by atoms with Crippen molar-refractivity contribution in [3.05, 3.63) is 65.5 Å². The Morgan fingerprint density at radius 2 is 1.83 bits per heavy atom. The zero-order chi connectivity index (χ0) is 20.8. The van der Waals surface area contributed by atoms with Gasteiger partial charge in [0, 0.05) is 13.1 Å². The lowest BCUT2D eigenvalue weighted by atomic mass is 9.90. The van der Waals surface area contributed by atoms with E-state index in [9.17, 15) is 14.0 Å². The van der Waals surface area contributed by atoms with Crippen molar-refractivity contribution in [2.45, 2.75) is 32.3 Å². The van der Waals surface area contributed by atoms with Crippen LogP contribution in [-0.2, 0) is 16.0 Å². The third kappa shape index (κ3) is 5.34. The number of rotatable bonds is 6. The first kappa shape index (κ1) is 20.8. The highest BCUT2D eigenvalue weighted by Gasteiger charge is 2.28. The molecule has 0 bridgehead atoms. The van der Waals surface area contributed by atoms with Gasteiger partial charge in [0.15, 0.2) is 17.7 Å². The number of likely N-dealkylation sites (tertiary alicyclic amines) is 1. The Morgan fingerprint density at radius 3 is 2.45 bits per heavy atom. The van der Waals surface area contributed by atoms with Gasteiger partial charge in [-0.05, 0) is 55.9 Å². The van der Waals surface area contributed by atoms with Gasteiger partial charge >= 0.3 is 5.97 Å². The first-order chi connectivity index (χ1) is 14.0. The van der Waals surface area contributed by atoms with Crippen molar-refractivity contribution in [2.75, 3.05) is 20.2 Å². The normalized spacial score (nSPS) is 15.6. The second-order valence-corrected chi connectivity index (χ2v) is 7.36. The maximum absolute atomic E-state index is 13.8. The molecule has 2 aromatic carbocycles. The Bertz CT molecular complexity index is 847. The lowest BCUT2D eigenvalue weighted by molar-refractivity contribution is -0.141. The van der Waals surface area contributed by atoms with E-state index < -0.39 is 17.9 Å². The smallest absolute Gasteiger partial charge is 0.339 e. The summed E-state index contributed by atoms with van der Waals surface area (Å²) in [7, 11) is 1.35. The second-order valence-electron chi connectivity index (χ2n) is 7.36. The first-order valence-electron chi connectivity index (χ1n) is 9.85. The molecule has 1 aliphatic heterocycles. The molecule has 1 saturated heterocycles. The fraction of sp³-hybridized carbons (Fsp3) is 0.391. The fourth-order valence-corrected chi connectivity index (χ4v) is 3.63. The maximum atomic E-state index is 13.8. The molecule has 0 aromatic heterocycles. The quantitative estimate of drug-likeness (QED) is 0.692. The van der Waals surface area contributed by atoms with Crippen molar-refractivity contribution in [3.63, 3.8) is 0 Å². The molecule has 1 atom stereocenters. The average molecular weight is 399 g/mol.